The Morgan fingerprint density at radius 3 is 2.64 bits per heavy atom. The molecule has 22 heavy (non-hydrogen) atoms. The molecule has 0 aromatic heterocycles. The lowest BCUT2D eigenvalue weighted by atomic mass is 9.86. The normalized spacial score (nSPS) is 27.2. The Labute approximate surface area is 136 Å². The van der Waals surface area contributed by atoms with Crippen molar-refractivity contribution in [1.29, 1.82) is 0 Å². The van der Waals surface area contributed by atoms with Gasteiger partial charge >= 0.3 is 0 Å². The first-order chi connectivity index (χ1) is 10.8. The van der Waals surface area contributed by atoms with E-state index < -0.39 is 0 Å². The van der Waals surface area contributed by atoms with Crippen molar-refractivity contribution in [3.8, 4) is 5.75 Å². The van der Waals surface area contributed by atoms with Gasteiger partial charge in [0.25, 0.3) is 0 Å². The highest BCUT2D eigenvalue weighted by Gasteiger charge is 2.22. The zero-order valence-electron chi connectivity index (χ0n) is 13.2. The summed E-state index contributed by atoms with van der Waals surface area (Å²) in [6.45, 7) is 2.31. The third kappa shape index (κ3) is 3.64. The summed E-state index contributed by atoms with van der Waals surface area (Å²) in [5.74, 6) is 2.42. The second kappa shape index (κ2) is 7.18. The van der Waals surface area contributed by atoms with Crippen LogP contribution in [0.25, 0.3) is 0 Å². The van der Waals surface area contributed by atoms with E-state index in [9.17, 15) is 0 Å². The molecule has 1 aromatic carbocycles. The number of benzene rings is 1. The lowest BCUT2D eigenvalue weighted by molar-refractivity contribution is 0.333. The third-order valence-corrected chi connectivity index (χ3v) is 5.29. The van der Waals surface area contributed by atoms with Gasteiger partial charge in [0.2, 0.25) is 0 Å². The monoisotopic (exact) mass is 317 g/mol. The number of hydrogen-bond donors (Lipinski definition) is 1. The molecule has 118 valence electrons. The number of thioether (sulfide) groups is 1. The molecule has 1 aliphatic carbocycles. The lowest BCUT2D eigenvalue weighted by Crippen LogP contribution is -2.29. The van der Waals surface area contributed by atoms with Crippen LogP contribution < -0.4 is 10.2 Å². The van der Waals surface area contributed by atoms with Crippen LogP contribution in [-0.4, -0.2) is 29.8 Å². The van der Waals surface area contributed by atoms with Crippen molar-refractivity contribution in [3.63, 3.8) is 0 Å². The van der Waals surface area contributed by atoms with E-state index >= 15 is 0 Å². The van der Waals surface area contributed by atoms with Crippen LogP contribution in [0, 0.1) is 5.92 Å². The number of hydrazone groups is 1. The molecular weight excluding hydrogens is 294 g/mol. The van der Waals surface area contributed by atoms with Gasteiger partial charge in [-0.1, -0.05) is 31.5 Å². The van der Waals surface area contributed by atoms with Crippen molar-refractivity contribution in [2.75, 3.05) is 12.9 Å². The molecule has 0 unspecified atom stereocenters. The van der Waals surface area contributed by atoms with Gasteiger partial charge < -0.3 is 4.74 Å². The van der Waals surface area contributed by atoms with Crippen molar-refractivity contribution < 1.29 is 4.74 Å². The van der Waals surface area contributed by atoms with Crippen LogP contribution in [-0.2, 0) is 0 Å². The summed E-state index contributed by atoms with van der Waals surface area (Å²) in [4.78, 5) is 4.87. The first-order valence-electron chi connectivity index (χ1n) is 7.94. The molecule has 3 rings (SSSR count). The molecule has 1 heterocycles. The fourth-order valence-electron chi connectivity index (χ4n) is 2.95. The molecule has 1 fully saturated rings. The number of nitrogens with one attached hydrogen (secondary N) is 1. The fraction of sp³-hybridized carbons (Fsp3) is 0.529. The molecule has 4 nitrogen and oxygen atoms in total. The van der Waals surface area contributed by atoms with Crippen LogP contribution in [0.4, 0.5) is 0 Å². The third-order valence-electron chi connectivity index (χ3n) is 4.40. The number of amidine groups is 1. The maximum Gasteiger partial charge on any atom is 0.177 e. The summed E-state index contributed by atoms with van der Waals surface area (Å²) in [5.41, 5.74) is 5.32. The van der Waals surface area contributed by atoms with Crippen molar-refractivity contribution >= 4 is 22.6 Å². The minimum absolute atomic E-state index is 0.460. The minimum atomic E-state index is 0.460. The van der Waals surface area contributed by atoms with Gasteiger partial charge in [0, 0.05) is 5.75 Å². The van der Waals surface area contributed by atoms with Crippen LogP contribution in [0.2, 0.25) is 0 Å². The molecule has 0 saturated heterocycles. The molecule has 1 aromatic rings. The summed E-state index contributed by atoms with van der Waals surface area (Å²) in [7, 11) is 1.68. The number of nitrogens with zero attached hydrogens (tertiary/aromatic N) is 2. The lowest BCUT2D eigenvalue weighted by Gasteiger charge is -2.26. The molecule has 1 N–H and O–H groups in total. The Balaban J connectivity index is 1.65. The van der Waals surface area contributed by atoms with Crippen LogP contribution >= 0.6 is 11.8 Å². The molecular formula is C17H23N3OS. The molecule has 1 saturated carbocycles. The van der Waals surface area contributed by atoms with Crippen LogP contribution in [0.5, 0.6) is 5.75 Å². The van der Waals surface area contributed by atoms with E-state index in [1.807, 2.05) is 24.3 Å². The van der Waals surface area contributed by atoms with Gasteiger partial charge in [0.1, 0.15) is 5.75 Å². The Morgan fingerprint density at radius 2 is 2.00 bits per heavy atom. The standard InChI is InChI=1S/C17H23N3OS/c1-12-5-3-4-6-15(12)18-17-20-19-16(11-22-17)13-7-9-14(21-2)10-8-13/h7-10,12,15H,3-6,11H2,1-2H3,(H,18,20)/t12-,15+/m0/s1. The Hall–Kier alpha value is -1.49. The maximum absolute atomic E-state index is 5.19. The van der Waals surface area contributed by atoms with Crippen LogP contribution in [0.15, 0.2) is 34.4 Å². The fourth-order valence-corrected chi connectivity index (χ4v) is 3.78. The first kappa shape index (κ1) is 15.4. The van der Waals surface area contributed by atoms with Crippen molar-refractivity contribution in [3.05, 3.63) is 29.8 Å². The summed E-state index contributed by atoms with van der Waals surface area (Å²) in [6.07, 6.45) is 5.16. The quantitative estimate of drug-likeness (QED) is 0.925. The van der Waals surface area contributed by atoms with Crippen LogP contribution in [0.3, 0.4) is 0 Å². The zero-order valence-corrected chi connectivity index (χ0v) is 14.0. The Bertz CT molecular complexity index is 568. The molecule has 5 heteroatoms. The zero-order chi connectivity index (χ0) is 15.4. The number of aliphatic imine (C=N–C) groups is 1. The van der Waals surface area contributed by atoms with Gasteiger partial charge in [0.05, 0.1) is 18.9 Å². The summed E-state index contributed by atoms with van der Waals surface area (Å²) in [6, 6.07) is 8.49. The predicted molar refractivity (Wildman–Crippen MR) is 94.0 cm³/mol. The van der Waals surface area contributed by atoms with E-state index in [0.717, 1.165) is 27.9 Å². The molecule has 0 bridgehead atoms. The molecule has 0 amide bonds. The molecule has 2 aliphatic rings. The topological polar surface area (TPSA) is 46.0 Å². The van der Waals surface area contributed by atoms with Crippen molar-refractivity contribution in [2.45, 2.75) is 38.6 Å². The van der Waals surface area contributed by atoms with E-state index in [0.29, 0.717) is 12.0 Å². The largest absolute Gasteiger partial charge is 0.497 e. The SMILES string of the molecule is COc1ccc(C2=NNC(=N[C@@H]3CCCC[C@@H]3C)SC2)cc1. The summed E-state index contributed by atoms with van der Waals surface area (Å²) >= 11 is 1.75. The Kier molecular flexibility index (Phi) is 5.03. The van der Waals surface area contributed by atoms with E-state index in [4.69, 9.17) is 9.73 Å². The van der Waals surface area contributed by atoms with Gasteiger partial charge in [-0.25, -0.2) is 0 Å². The number of hydrogen-bond acceptors (Lipinski definition) is 4. The Morgan fingerprint density at radius 1 is 1.23 bits per heavy atom. The first-order valence-corrected chi connectivity index (χ1v) is 8.92. The van der Waals surface area contributed by atoms with Gasteiger partial charge in [-0.2, -0.15) is 5.10 Å². The summed E-state index contributed by atoms with van der Waals surface area (Å²) < 4.78 is 5.19. The molecule has 1 aliphatic heterocycles. The highest BCUT2D eigenvalue weighted by molar-refractivity contribution is 8.14. The van der Waals surface area contributed by atoms with Crippen LogP contribution in [0.1, 0.15) is 38.2 Å². The van der Waals surface area contributed by atoms with E-state index in [1.54, 1.807) is 18.9 Å². The summed E-state index contributed by atoms with van der Waals surface area (Å²) in [5, 5.41) is 5.47. The van der Waals surface area contributed by atoms with Gasteiger partial charge in [-0.15, -0.1) is 0 Å². The number of ether oxygens (including phenoxy) is 1. The minimum Gasteiger partial charge on any atom is -0.497 e. The van der Waals surface area contributed by atoms with Crippen molar-refractivity contribution in [2.24, 2.45) is 16.0 Å². The van der Waals surface area contributed by atoms with E-state index in [1.165, 1.54) is 25.7 Å². The smallest absolute Gasteiger partial charge is 0.177 e. The second-order valence-electron chi connectivity index (χ2n) is 5.95. The maximum atomic E-state index is 5.19. The molecule has 0 radical (unpaired) electrons. The van der Waals surface area contributed by atoms with Gasteiger partial charge in [0.15, 0.2) is 5.17 Å². The number of methoxy groups -OCH3 is 1. The molecule has 0 spiro atoms. The second-order valence-corrected chi connectivity index (χ2v) is 6.91. The molecule has 2 atom stereocenters. The van der Waals surface area contributed by atoms with E-state index in [2.05, 4.69) is 17.5 Å². The highest BCUT2D eigenvalue weighted by atomic mass is 32.2. The van der Waals surface area contributed by atoms with Gasteiger partial charge in [-0.3, -0.25) is 10.4 Å². The average molecular weight is 317 g/mol. The predicted octanol–water partition coefficient (Wildman–Crippen LogP) is 3.67. The van der Waals surface area contributed by atoms with Gasteiger partial charge in [-0.05, 0) is 48.6 Å². The highest BCUT2D eigenvalue weighted by Crippen LogP contribution is 2.27. The van der Waals surface area contributed by atoms with E-state index in [-0.39, 0.29) is 0 Å². The van der Waals surface area contributed by atoms with Crippen molar-refractivity contribution in [1.82, 2.24) is 5.43 Å². The average Bonchev–Trinajstić information content (AvgIpc) is 2.58. The number of rotatable bonds is 3.